The molecule has 10 heteroatoms. The highest BCUT2D eigenvalue weighted by Crippen LogP contribution is 2.17. The number of carboxylic acid groups (broad SMARTS) is 1. The van der Waals surface area contributed by atoms with E-state index in [1.807, 2.05) is 0 Å². The van der Waals surface area contributed by atoms with Crippen molar-refractivity contribution in [3.8, 4) is 0 Å². The molecule has 2 aromatic rings. The van der Waals surface area contributed by atoms with Crippen molar-refractivity contribution in [3.05, 3.63) is 47.3 Å². The largest absolute Gasteiger partial charge is 0.478 e. The van der Waals surface area contributed by atoms with Crippen LogP contribution in [-0.2, 0) is 11.2 Å². The van der Waals surface area contributed by atoms with Gasteiger partial charge in [0, 0.05) is 0 Å². The van der Waals surface area contributed by atoms with Crippen molar-refractivity contribution < 1.29 is 29.5 Å². The fourth-order valence-corrected chi connectivity index (χ4v) is 2.15. The highest BCUT2D eigenvalue weighted by Gasteiger charge is 2.28. The van der Waals surface area contributed by atoms with Gasteiger partial charge in [-0.2, -0.15) is 0 Å². The number of esters is 1. The minimum atomic E-state index is -1.78. The van der Waals surface area contributed by atoms with Crippen LogP contribution in [0.25, 0.3) is 0 Å². The van der Waals surface area contributed by atoms with Crippen molar-refractivity contribution in [2.75, 3.05) is 6.61 Å². The zero-order valence-electron chi connectivity index (χ0n) is 12.9. The number of ether oxygens (including phenoxy) is 1. The van der Waals surface area contributed by atoms with Gasteiger partial charge in [0.2, 0.25) is 0 Å². The molecular formula is C14H16BN3O6. The minimum absolute atomic E-state index is 0.0539. The lowest BCUT2D eigenvalue weighted by Gasteiger charge is -2.16. The third kappa shape index (κ3) is 4.18. The molecule has 0 spiro atoms. The highest BCUT2D eigenvalue weighted by molar-refractivity contribution is 6.42. The molecule has 1 heterocycles. The van der Waals surface area contributed by atoms with Crippen LogP contribution in [0.15, 0.2) is 30.5 Å². The molecule has 0 saturated carbocycles. The third-order valence-corrected chi connectivity index (χ3v) is 3.30. The molecule has 24 heavy (non-hydrogen) atoms. The molecule has 0 aliphatic rings. The fraction of sp³-hybridized carbons (Fsp3) is 0.286. The van der Waals surface area contributed by atoms with Crippen molar-refractivity contribution >= 4 is 19.1 Å². The normalized spacial score (nSPS) is 11.8. The molecule has 0 fully saturated rings. The summed E-state index contributed by atoms with van der Waals surface area (Å²) in [5.41, 5.74) is 0.604. The number of aromatic nitrogens is 3. The summed E-state index contributed by atoms with van der Waals surface area (Å²) in [6.45, 7) is 1.83. The molecule has 0 bridgehead atoms. The first kappa shape index (κ1) is 17.6. The van der Waals surface area contributed by atoms with Gasteiger partial charge in [-0.15, -0.1) is 5.10 Å². The second kappa shape index (κ2) is 7.71. The van der Waals surface area contributed by atoms with Gasteiger partial charge in [-0.1, -0.05) is 17.3 Å². The summed E-state index contributed by atoms with van der Waals surface area (Å²) in [6.07, 6.45) is 1.34. The Hall–Kier alpha value is -2.72. The molecule has 1 aromatic heterocycles. The molecule has 0 aliphatic heterocycles. The lowest BCUT2D eigenvalue weighted by Crippen LogP contribution is -2.31. The Bertz CT molecular complexity index is 733. The second-order valence-corrected chi connectivity index (χ2v) is 4.99. The maximum atomic E-state index is 11.6. The Balaban J connectivity index is 2.23. The van der Waals surface area contributed by atoms with Crippen LogP contribution in [0, 0.1) is 0 Å². The number of nitrogens with zero attached hydrogens (tertiary/aromatic N) is 3. The van der Waals surface area contributed by atoms with E-state index in [0.29, 0.717) is 5.56 Å². The SMILES string of the molecule is CCOC(=O)c1cn([C@@H](Cc2cccc(C(=O)O)c2)B(O)O)nn1. The van der Waals surface area contributed by atoms with Crippen molar-refractivity contribution in [2.24, 2.45) is 0 Å². The Morgan fingerprint density at radius 1 is 1.38 bits per heavy atom. The van der Waals surface area contributed by atoms with Crippen LogP contribution in [0.1, 0.15) is 39.3 Å². The van der Waals surface area contributed by atoms with E-state index in [9.17, 15) is 19.6 Å². The van der Waals surface area contributed by atoms with E-state index in [1.165, 1.54) is 18.3 Å². The summed E-state index contributed by atoms with van der Waals surface area (Å²) < 4.78 is 5.94. The Morgan fingerprint density at radius 2 is 2.12 bits per heavy atom. The van der Waals surface area contributed by atoms with Gasteiger partial charge in [-0.05, 0) is 31.0 Å². The van der Waals surface area contributed by atoms with Crippen molar-refractivity contribution in [2.45, 2.75) is 19.3 Å². The Kier molecular flexibility index (Phi) is 5.66. The van der Waals surface area contributed by atoms with Gasteiger partial charge >= 0.3 is 19.1 Å². The predicted octanol–water partition coefficient (Wildman–Crippen LogP) is -0.0512. The standard InChI is InChI=1S/C14H16BN3O6/c1-2-24-14(21)11-8-18(17-16-11)12(15(22)23)7-9-4-3-5-10(6-9)13(19)20/h3-6,8,12,22-23H,2,7H2,1H3,(H,19,20)/t12-/m0/s1. The van der Waals surface area contributed by atoms with E-state index in [0.717, 1.165) is 4.68 Å². The molecular weight excluding hydrogens is 317 g/mol. The average Bonchev–Trinajstić information content (AvgIpc) is 3.02. The van der Waals surface area contributed by atoms with E-state index in [2.05, 4.69) is 10.3 Å². The van der Waals surface area contributed by atoms with Gasteiger partial charge in [0.25, 0.3) is 0 Å². The maximum absolute atomic E-state index is 11.6. The molecule has 2 rings (SSSR count). The van der Waals surface area contributed by atoms with Gasteiger partial charge < -0.3 is 19.9 Å². The Labute approximate surface area is 137 Å². The number of carboxylic acids is 1. The molecule has 0 saturated heterocycles. The number of hydrogen-bond acceptors (Lipinski definition) is 7. The van der Waals surface area contributed by atoms with Crippen LogP contribution in [0.5, 0.6) is 0 Å². The zero-order valence-corrected chi connectivity index (χ0v) is 12.9. The lowest BCUT2D eigenvalue weighted by molar-refractivity contribution is 0.0518. The molecule has 0 unspecified atom stereocenters. The first-order chi connectivity index (χ1) is 11.4. The number of carbonyl (C=O) groups excluding carboxylic acids is 1. The predicted molar refractivity (Wildman–Crippen MR) is 82.3 cm³/mol. The van der Waals surface area contributed by atoms with Gasteiger partial charge in [0.15, 0.2) is 5.69 Å². The Morgan fingerprint density at radius 3 is 2.75 bits per heavy atom. The van der Waals surface area contributed by atoms with Crippen LogP contribution < -0.4 is 0 Å². The van der Waals surface area contributed by atoms with Crippen LogP contribution in [-0.4, -0.2) is 55.8 Å². The smallest absolute Gasteiger partial charge is 0.478 e. The van der Waals surface area contributed by atoms with E-state index >= 15 is 0 Å². The minimum Gasteiger partial charge on any atom is -0.478 e. The van der Waals surface area contributed by atoms with Crippen LogP contribution in [0.4, 0.5) is 0 Å². The molecule has 9 nitrogen and oxygen atoms in total. The number of hydrogen-bond donors (Lipinski definition) is 3. The topological polar surface area (TPSA) is 135 Å². The van der Waals surface area contributed by atoms with Gasteiger partial charge in [0.05, 0.1) is 24.3 Å². The fourth-order valence-electron chi connectivity index (χ4n) is 2.15. The highest BCUT2D eigenvalue weighted by atomic mass is 16.5. The third-order valence-electron chi connectivity index (χ3n) is 3.30. The molecule has 0 radical (unpaired) electrons. The van der Waals surface area contributed by atoms with Gasteiger partial charge in [0.1, 0.15) is 0 Å². The van der Waals surface area contributed by atoms with Gasteiger partial charge in [-0.25, -0.2) is 9.59 Å². The molecule has 0 aliphatic carbocycles. The van der Waals surface area contributed by atoms with Crippen LogP contribution >= 0.6 is 0 Å². The number of aromatic carboxylic acids is 1. The molecule has 1 atom stereocenters. The number of carbonyl (C=O) groups is 2. The number of rotatable bonds is 7. The molecule has 3 N–H and O–H groups in total. The van der Waals surface area contributed by atoms with Crippen molar-refractivity contribution in [1.82, 2.24) is 15.0 Å². The summed E-state index contributed by atoms with van der Waals surface area (Å²) in [6, 6.07) is 6.08. The van der Waals surface area contributed by atoms with Gasteiger partial charge in [-0.3, -0.25) is 4.68 Å². The lowest BCUT2D eigenvalue weighted by atomic mass is 9.76. The monoisotopic (exact) mass is 333 g/mol. The van der Waals surface area contributed by atoms with E-state index in [-0.39, 0.29) is 24.3 Å². The first-order valence-electron chi connectivity index (χ1n) is 7.19. The molecule has 126 valence electrons. The van der Waals surface area contributed by atoms with E-state index in [1.54, 1.807) is 19.1 Å². The quantitative estimate of drug-likeness (QED) is 0.474. The summed E-state index contributed by atoms with van der Waals surface area (Å²) >= 11 is 0. The average molecular weight is 333 g/mol. The van der Waals surface area contributed by atoms with Crippen LogP contribution in [0.2, 0.25) is 0 Å². The summed E-state index contributed by atoms with van der Waals surface area (Å²) in [5, 5.41) is 35.6. The summed E-state index contributed by atoms with van der Waals surface area (Å²) in [4.78, 5) is 22.6. The van der Waals surface area contributed by atoms with E-state index in [4.69, 9.17) is 9.84 Å². The maximum Gasteiger partial charge on any atom is 0.478 e. The summed E-state index contributed by atoms with van der Waals surface area (Å²) in [7, 11) is -1.78. The van der Waals surface area contributed by atoms with Crippen molar-refractivity contribution in [3.63, 3.8) is 0 Å². The molecule has 1 aromatic carbocycles. The van der Waals surface area contributed by atoms with Crippen molar-refractivity contribution in [1.29, 1.82) is 0 Å². The first-order valence-corrected chi connectivity index (χ1v) is 7.19. The number of benzene rings is 1. The molecule has 0 amide bonds. The summed E-state index contributed by atoms with van der Waals surface area (Å²) in [5.74, 6) is -2.68. The van der Waals surface area contributed by atoms with Crippen LogP contribution in [0.3, 0.4) is 0 Å². The zero-order chi connectivity index (χ0) is 17.7. The second-order valence-electron chi connectivity index (χ2n) is 4.99. The van der Waals surface area contributed by atoms with E-state index < -0.39 is 25.0 Å².